The van der Waals surface area contributed by atoms with Crippen molar-refractivity contribution in [2.45, 2.75) is 18.8 Å². The average Bonchev–Trinajstić information content (AvgIpc) is 2.57. The molecule has 0 fully saturated rings. The Morgan fingerprint density at radius 3 is 2.33 bits per heavy atom. The van der Waals surface area contributed by atoms with Crippen LogP contribution in [0.3, 0.4) is 0 Å². The molecule has 0 saturated heterocycles. The van der Waals surface area contributed by atoms with Crippen LogP contribution in [0.4, 0.5) is 16.2 Å². The Morgan fingerprint density at radius 1 is 1.08 bits per heavy atom. The summed E-state index contributed by atoms with van der Waals surface area (Å²) in [6.07, 6.45) is -1.32. The van der Waals surface area contributed by atoms with Crippen LogP contribution in [0.1, 0.15) is 12.5 Å². The Balaban J connectivity index is 2.13. The van der Waals surface area contributed by atoms with Crippen molar-refractivity contribution in [3.8, 4) is 0 Å². The predicted octanol–water partition coefficient (Wildman–Crippen LogP) is 3.35. The lowest BCUT2D eigenvalue weighted by molar-refractivity contribution is -0.263. The maximum absolute atomic E-state index is 12.2. The monoisotopic (exact) mass is 330 g/mol. The molecule has 128 valence electrons. The first-order valence-electron chi connectivity index (χ1n) is 7.51. The van der Waals surface area contributed by atoms with Crippen molar-refractivity contribution in [2.24, 2.45) is 0 Å². The SMILES string of the molecule is COC(OC)(c1ccccc1)C(C)OC(=O)Nc1cccc(N)c1. The summed E-state index contributed by atoms with van der Waals surface area (Å²) in [7, 11) is 3.01. The first kappa shape index (κ1) is 17.8. The maximum Gasteiger partial charge on any atom is 0.412 e. The number of ether oxygens (including phenoxy) is 3. The number of carbonyl (C=O) groups excluding carboxylic acids is 1. The zero-order valence-corrected chi connectivity index (χ0v) is 14.0. The van der Waals surface area contributed by atoms with Gasteiger partial charge < -0.3 is 19.9 Å². The van der Waals surface area contributed by atoms with Gasteiger partial charge in [-0.05, 0) is 25.1 Å². The van der Waals surface area contributed by atoms with Crippen LogP contribution in [-0.2, 0) is 20.0 Å². The molecule has 3 N–H and O–H groups in total. The summed E-state index contributed by atoms with van der Waals surface area (Å²) in [5.41, 5.74) is 7.54. The fraction of sp³-hybridized carbons (Fsp3) is 0.278. The molecule has 0 aliphatic carbocycles. The quantitative estimate of drug-likeness (QED) is 0.627. The number of rotatable bonds is 6. The van der Waals surface area contributed by atoms with Crippen LogP contribution in [0.5, 0.6) is 0 Å². The van der Waals surface area contributed by atoms with E-state index in [4.69, 9.17) is 19.9 Å². The maximum atomic E-state index is 12.2. The highest BCUT2D eigenvalue weighted by Crippen LogP contribution is 2.32. The zero-order chi connectivity index (χ0) is 17.6. The van der Waals surface area contributed by atoms with E-state index in [-0.39, 0.29) is 0 Å². The Hall–Kier alpha value is -2.57. The summed E-state index contributed by atoms with van der Waals surface area (Å²) >= 11 is 0. The summed E-state index contributed by atoms with van der Waals surface area (Å²) in [5.74, 6) is -1.20. The minimum absolute atomic E-state index is 0.548. The first-order valence-corrected chi connectivity index (χ1v) is 7.51. The lowest BCUT2D eigenvalue weighted by Crippen LogP contribution is -2.44. The molecule has 0 spiro atoms. The highest BCUT2D eigenvalue weighted by atomic mass is 16.7. The van der Waals surface area contributed by atoms with Crippen molar-refractivity contribution >= 4 is 17.5 Å². The number of hydrogen-bond acceptors (Lipinski definition) is 5. The Kier molecular flexibility index (Phi) is 5.78. The number of methoxy groups -OCH3 is 2. The van der Waals surface area contributed by atoms with Crippen LogP contribution in [0.2, 0.25) is 0 Å². The second kappa shape index (κ2) is 7.81. The van der Waals surface area contributed by atoms with Gasteiger partial charge in [-0.1, -0.05) is 36.4 Å². The van der Waals surface area contributed by atoms with E-state index in [9.17, 15) is 4.79 Å². The second-order valence-electron chi connectivity index (χ2n) is 5.24. The molecule has 6 heteroatoms. The van der Waals surface area contributed by atoms with Gasteiger partial charge in [0.05, 0.1) is 0 Å². The van der Waals surface area contributed by atoms with Crippen LogP contribution in [0.25, 0.3) is 0 Å². The molecular formula is C18H22N2O4. The molecule has 1 atom stereocenters. The van der Waals surface area contributed by atoms with E-state index in [2.05, 4.69) is 5.32 Å². The number of hydrogen-bond donors (Lipinski definition) is 2. The Labute approximate surface area is 141 Å². The van der Waals surface area contributed by atoms with Gasteiger partial charge in [-0.2, -0.15) is 0 Å². The van der Waals surface area contributed by atoms with Crippen LogP contribution in [-0.4, -0.2) is 26.4 Å². The summed E-state index contributed by atoms with van der Waals surface area (Å²) in [4.78, 5) is 12.2. The van der Waals surface area contributed by atoms with Gasteiger partial charge >= 0.3 is 6.09 Å². The van der Waals surface area contributed by atoms with E-state index in [0.717, 1.165) is 5.56 Å². The van der Waals surface area contributed by atoms with E-state index >= 15 is 0 Å². The van der Waals surface area contributed by atoms with Crippen LogP contribution < -0.4 is 11.1 Å². The molecule has 0 radical (unpaired) electrons. The van der Waals surface area contributed by atoms with Crippen molar-refractivity contribution in [3.05, 3.63) is 60.2 Å². The standard InChI is InChI=1S/C18H22N2O4/c1-13(18(22-2,23-3)14-8-5-4-6-9-14)24-17(21)20-16-11-7-10-15(19)12-16/h4-13H,19H2,1-3H3,(H,20,21). The van der Waals surface area contributed by atoms with Crippen molar-refractivity contribution < 1.29 is 19.0 Å². The molecule has 24 heavy (non-hydrogen) atoms. The molecule has 1 unspecified atom stereocenters. The molecule has 0 aliphatic rings. The number of nitrogens with one attached hydrogen (secondary N) is 1. The molecule has 0 bridgehead atoms. The van der Waals surface area contributed by atoms with Gasteiger partial charge in [0.25, 0.3) is 0 Å². The summed E-state index contributed by atoms with van der Waals surface area (Å²) < 4.78 is 16.6. The van der Waals surface area contributed by atoms with Crippen molar-refractivity contribution in [1.82, 2.24) is 0 Å². The molecule has 2 aromatic rings. The molecule has 0 saturated carbocycles. The number of carbonyl (C=O) groups is 1. The van der Waals surface area contributed by atoms with Gasteiger partial charge in [0.1, 0.15) is 0 Å². The molecule has 0 aromatic heterocycles. The number of amides is 1. The topological polar surface area (TPSA) is 82.8 Å². The summed E-state index contributed by atoms with van der Waals surface area (Å²) in [5, 5.41) is 2.63. The lowest BCUT2D eigenvalue weighted by atomic mass is 10.0. The molecule has 2 rings (SSSR count). The van der Waals surface area contributed by atoms with Crippen LogP contribution in [0.15, 0.2) is 54.6 Å². The molecular weight excluding hydrogens is 308 g/mol. The Bertz CT molecular complexity index is 672. The van der Waals surface area contributed by atoms with E-state index in [1.807, 2.05) is 30.3 Å². The van der Waals surface area contributed by atoms with Gasteiger partial charge in [-0.3, -0.25) is 5.32 Å². The highest BCUT2D eigenvalue weighted by Gasteiger charge is 2.41. The molecule has 2 aromatic carbocycles. The normalized spacial score (nSPS) is 12.5. The van der Waals surface area contributed by atoms with Gasteiger partial charge in [0.15, 0.2) is 6.10 Å². The predicted molar refractivity (Wildman–Crippen MR) is 92.6 cm³/mol. The van der Waals surface area contributed by atoms with Gasteiger partial charge in [0.2, 0.25) is 5.79 Å². The number of benzene rings is 2. The average molecular weight is 330 g/mol. The fourth-order valence-electron chi connectivity index (χ4n) is 2.56. The minimum Gasteiger partial charge on any atom is -0.440 e. The van der Waals surface area contributed by atoms with Crippen molar-refractivity contribution in [2.75, 3.05) is 25.3 Å². The molecule has 0 heterocycles. The van der Waals surface area contributed by atoms with E-state index in [0.29, 0.717) is 11.4 Å². The lowest BCUT2D eigenvalue weighted by Gasteiger charge is -2.35. The first-order chi connectivity index (χ1) is 11.5. The van der Waals surface area contributed by atoms with Crippen LogP contribution in [0, 0.1) is 0 Å². The third-order valence-electron chi connectivity index (χ3n) is 3.73. The van der Waals surface area contributed by atoms with E-state index in [1.54, 1.807) is 31.2 Å². The molecule has 0 aliphatic heterocycles. The van der Waals surface area contributed by atoms with Gasteiger partial charge in [0, 0.05) is 31.2 Å². The molecule has 6 nitrogen and oxygen atoms in total. The van der Waals surface area contributed by atoms with E-state index < -0.39 is 18.0 Å². The summed E-state index contributed by atoms with van der Waals surface area (Å²) in [6, 6.07) is 16.1. The fourth-order valence-corrected chi connectivity index (χ4v) is 2.56. The summed E-state index contributed by atoms with van der Waals surface area (Å²) in [6.45, 7) is 1.71. The van der Waals surface area contributed by atoms with Crippen LogP contribution >= 0.6 is 0 Å². The molecule has 1 amide bonds. The van der Waals surface area contributed by atoms with Crippen molar-refractivity contribution in [1.29, 1.82) is 0 Å². The third-order valence-corrected chi connectivity index (χ3v) is 3.73. The Morgan fingerprint density at radius 2 is 1.75 bits per heavy atom. The zero-order valence-electron chi connectivity index (χ0n) is 14.0. The van der Waals surface area contributed by atoms with E-state index in [1.165, 1.54) is 14.2 Å². The van der Waals surface area contributed by atoms with Gasteiger partial charge in [-0.25, -0.2) is 4.79 Å². The third kappa shape index (κ3) is 3.84. The smallest absolute Gasteiger partial charge is 0.412 e. The number of anilines is 2. The van der Waals surface area contributed by atoms with Gasteiger partial charge in [-0.15, -0.1) is 0 Å². The van der Waals surface area contributed by atoms with Crippen molar-refractivity contribution in [3.63, 3.8) is 0 Å². The second-order valence-corrected chi connectivity index (χ2v) is 5.24. The number of nitrogen functional groups attached to an aromatic ring is 1. The number of nitrogens with two attached hydrogens (primary N) is 1. The minimum atomic E-state index is -1.20. The highest BCUT2D eigenvalue weighted by molar-refractivity contribution is 5.85. The largest absolute Gasteiger partial charge is 0.440 e.